The van der Waals surface area contributed by atoms with Crippen molar-refractivity contribution in [2.24, 2.45) is 0 Å². The maximum Gasteiger partial charge on any atom is 0.416 e. The van der Waals surface area contributed by atoms with Crippen LogP contribution >= 0.6 is 11.6 Å². The van der Waals surface area contributed by atoms with Crippen molar-refractivity contribution in [2.75, 3.05) is 6.54 Å². The van der Waals surface area contributed by atoms with Crippen LogP contribution in [0.2, 0.25) is 0 Å². The minimum atomic E-state index is -4.34. The van der Waals surface area contributed by atoms with Gasteiger partial charge in [-0.1, -0.05) is 24.3 Å². The van der Waals surface area contributed by atoms with Crippen LogP contribution in [0.4, 0.5) is 22.0 Å². The number of aromatic nitrogens is 2. The molecule has 6 rings (SSSR count). The van der Waals surface area contributed by atoms with Gasteiger partial charge >= 0.3 is 6.18 Å². The number of nitrogens with zero attached hydrogens (tertiary/aromatic N) is 2. The van der Waals surface area contributed by atoms with Gasteiger partial charge < -0.3 is 10.1 Å². The van der Waals surface area contributed by atoms with Crippen LogP contribution in [0.3, 0.4) is 0 Å². The summed E-state index contributed by atoms with van der Waals surface area (Å²) in [6.07, 6.45) is 3.70. The minimum absolute atomic E-state index is 0.109. The Hall–Kier alpha value is -4.34. The monoisotopic (exact) mass is 637 g/mol. The summed E-state index contributed by atoms with van der Waals surface area (Å²) in [4.78, 5) is 8.33. The molecule has 4 nitrogen and oxygen atoms in total. The molecule has 2 aromatic heterocycles. The fourth-order valence-corrected chi connectivity index (χ4v) is 5.03. The van der Waals surface area contributed by atoms with E-state index < -0.39 is 11.7 Å². The first-order valence-corrected chi connectivity index (χ1v) is 14.7. The fraction of sp³-hybridized carbons (Fsp3) is 0.200. The molecule has 0 bridgehead atoms. The Balaban J connectivity index is 0.000000223. The Labute approximate surface area is 262 Å². The molecule has 0 radical (unpaired) electrons. The number of rotatable bonds is 7. The maximum absolute atomic E-state index is 13.1. The van der Waals surface area contributed by atoms with Crippen molar-refractivity contribution >= 4 is 11.6 Å². The number of nitrogens with one attached hydrogen (secondary N) is 1. The lowest BCUT2D eigenvalue weighted by Gasteiger charge is -2.27. The van der Waals surface area contributed by atoms with E-state index in [1.54, 1.807) is 49.1 Å². The summed E-state index contributed by atoms with van der Waals surface area (Å²) in [7, 11) is 0. The Morgan fingerprint density at radius 2 is 1.31 bits per heavy atom. The van der Waals surface area contributed by atoms with Crippen molar-refractivity contribution < 1.29 is 26.7 Å². The molecule has 10 heteroatoms. The molecule has 0 amide bonds. The highest BCUT2D eigenvalue weighted by Gasteiger charge is 2.32. The van der Waals surface area contributed by atoms with Gasteiger partial charge in [0.05, 0.1) is 5.56 Å². The summed E-state index contributed by atoms with van der Waals surface area (Å²) in [5, 5.41) is 3.32. The van der Waals surface area contributed by atoms with Gasteiger partial charge in [0, 0.05) is 54.9 Å². The highest BCUT2D eigenvalue weighted by atomic mass is 35.5. The van der Waals surface area contributed by atoms with Crippen molar-refractivity contribution in [3.63, 3.8) is 0 Å². The third kappa shape index (κ3) is 8.86. The molecule has 45 heavy (non-hydrogen) atoms. The van der Waals surface area contributed by atoms with Crippen LogP contribution in [0.5, 0.6) is 5.75 Å². The zero-order chi connectivity index (χ0) is 31.8. The Bertz CT molecular complexity index is 1710. The van der Waals surface area contributed by atoms with Gasteiger partial charge in [0.2, 0.25) is 0 Å². The van der Waals surface area contributed by atoms with E-state index in [9.17, 15) is 22.0 Å². The second-order valence-electron chi connectivity index (χ2n) is 10.5. The number of pyridine rings is 2. The number of aryl methyl sites for hydroxylation is 1. The average Bonchev–Trinajstić information content (AvgIpc) is 3.05. The molecule has 0 spiro atoms. The third-order valence-corrected chi connectivity index (χ3v) is 7.53. The molecule has 1 unspecified atom stereocenters. The lowest BCUT2D eigenvalue weighted by Crippen LogP contribution is -2.34. The van der Waals surface area contributed by atoms with Gasteiger partial charge in [-0.05, 0) is 95.3 Å². The summed E-state index contributed by atoms with van der Waals surface area (Å²) in [6, 6.07) is 20.1. The molecule has 3 heterocycles. The highest BCUT2D eigenvalue weighted by molar-refractivity contribution is 6.17. The topological polar surface area (TPSA) is 47.0 Å². The standard InChI is InChI=1S/C23H20F4N2O.C12H9ClFN/c24-20-5-1-16(2-6-20)18-9-15(11-28-13-18)12-29-14-21-7-3-17-10-19(23(25,26)27)4-8-22(17)30-21;13-6-9-5-11(8-15-7-9)10-1-3-12(14)4-2-10/h1-2,4-6,8-11,13,21,29H,3,7,12,14H2;1-5,7-8H,6H2. The molecular formula is C35H29ClF5N3O. The summed E-state index contributed by atoms with van der Waals surface area (Å²) < 4.78 is 70.2. The van der Waals surface area contributed by atoms with Crippen LogP contribution in [-0.2, 0) is 25.0 Å². The van der Waals surface area contributed by atoms with E-state index >= 15 is 0 Å². The van der Waals surface area contributed by atoms with Gasteiger partial charge in [-0.15, -0.1) is 11.6 Å². The molecule has 232 valence electrons. The van der Waals surface area contributed by atoms with E-state index in [1.165, 1.54) is 36.4 Å². The minimum Gasteiger partial charge on any atom is -0.489 e. The van der Waals surface area contributed by atoms with Crippen LogP contribution in [0.1, 0.15) is 28.7 Å². The summed E-state index contributed by atoms with van der Waals surface area (Å²) >= 11 is 5.71. The second-order valence-corrected chi connectivity index (χ2v) is 10.8. The molecule has 3 aromatic carbocycles. The number of halogens is 6. The summed E-state index contributed by atoms with van der Waals surface area (Å²) in [5.74, 6) is 0.427. The maximum atomic E-state index is 13.1. The largest absolute Gasteiger partial charge is 0.489 e. The number of hydrogen-bond donors (Lipinski definition) is 1. The van der Waals surface area contributed by atoms with E-state index in [0.29, 0.717) is 43.1 Å². The van der Waals surface area contributed by atoms with Gasteiger partial charge in [-0.2, -0.15) is 13.2 Å². The fourth-order valence-electron chi connectivity index (χ4n) is 4.89. The van der Waals surface area contributed by atoms with Gasteiger partial charge in [0.1, 0.15) is 23.5 Å². The van der Waals surface area contributed by atoms with Crippen molar-refractivity contribution in [3.8, 4) is 28.0 Å². The van der Waals surface area contributed by atoms with Crippen LogP contribution < -0.4 is 10.1 Å². The SMILES string of the molecule is Fc1ccc(-c2cncc(CCl)c2)cc1.Fc1ccc(-c2cncc(CNCC3CCc4cc(C(F)(F)F)ccc4O3)c2)cc1. The number of hydrogen-bond acceptors (Lipinski definition) is 4. The first kappa shape index (κ1) is 32.1. The van der Waals surface area contributed by atoms with E-state index in [2.05, 4.69) is 15.3 Å². The molecule has 1 aliphatic heterocycles. The van der Waals surface area contributed by atoms with E-state index in [1.807, 2.05) is 12.1 Å². The first-order chi connectivity index (χ1) is 21.7. The van der Waals surface area contributed by atoms with Crippen molar-refractivity contribution in [3.05, 3.63) is 138 Å². The number of ether oxygens (including phenoxy) is 1. The number of fused-ring (bicyclic) bond motifs is 1. The van der Waals surface area contributed by atoms with E-state index in [-0.39, 0.29) is 17.7 Å². The normalized spacial score (nSPS) is 14.1. The van der Waals surface area contributed by atoms with Crippen molar-refractivity contribution in [2.45, 2.75) is 37.5 Å². The lowest BCUT2D eigenvalue weighted by atomic mass is 9.99. The molecule has 1 aliphatic rings. The number of benzene rings is 3. The van der Waals surface area contributed by atoms with Gasteiger partial charge in [0.25, 0.3) is 0 Å². The van der Waals surface area contributed by atoms with Gasteiger partial charge in [0.15, 0.2) is 0 Å². The molecule has 0 aliphatic carbocycles. The predicted molar refractivity (Wildman–Crippen MR) is 165 cm³/mol. The van der Waals surface area contributed by atoms with Crippen LogP contribution in [0, 0.1) is 11.6 Å². The molecule has 0 saturated heterocycles. The molecule has 0 saturated carbocycles. The first-order valence-electron chi connectivity index (χ1n) is 14.2. The van der Waals surface area contributed by atoms with E-state index in [4.69, 9.17) is 16.3 Å². The average molecular weight is 638 g/mol. The molecule has 1 N–H and O–H groups in total. The smallest absolute Gasteiger partial charge is 0.416 e. The summed E-state index contributed by atoms with van der Waals surface area (Å²) in [5.41, 5.74) is 5.56. The molecular weight excluding hydrogens is 609 g/mol. The van der Waals surface area contributed by atoms with Gasteiger partial charge in [-0.3, -0.25) is 9.97 Å². The Kier molecular flexibility index (Phi) is 10.4. The lowest BCUT2D eigenvalue weighted by molar-refractivity contribution is -0.137. The van der Waals surface area contributed by atoms with Crippen LogP contribution in [0.15, 0.2) is 104 Å². The zero-order valence-electron chi connectivity index (χ0n) is 24.0. The third-order valence-electron chi connectivity index (χ3n) is 7.22. The second kappa shape index (κ2) is 14.6. The number of alkyl halides is 4. The molecule has 5 aromatic rings. The molecule has 1 atom stereocenters. The highest BCUT2D eigenvalue weighted by Crippen LogP contribution is 2.35. The van der Waals surface area contributed by atoms with Crippen LogP contribution in [0.25, 0.3) is 22.3 Å². The predicted octanol–water partition coefficient (Wildman–Crippen LogP) is 9.02. The van der Waals surface area contributed by atoms with Gasteiger partial charge in [-0.25, -0.2) is 8.78 Å². The van der Waals surface area contributed by atoms with Crippen molar-refractivity contribution in [1.82, 2.24) is 15.3 Å². The van der Waals surface area contributed by atoms with E-state index in [0.717, 1.165) is 39.4 Å². The molecule has 0 fully saturated rings. The Morgan fingerprint density at radius 1 is 0.733 bits per heavy atom. The summed E-state index contributed by atoms with van der Waals surface area (Å²) in [6.45, 7) is 1.14. The zero-order valence-corrected chi connectivity index (χ0v) is 24.8. The Morgan fingerprint density at radius 3 is 1.89 bits per heavy atom. The van der Waals surface area contributed by atoms with Crippen LogP contribution in [-0.4, -0.2) is 22.6 Å². The van der Waals surface area contributed by atoms with Crippen molar-refractivity contribution in [1.29, 1.82) is 0 Å². The quantitative estimate of drug-likeness (QED) is 0.143.